The molecule has 1 saturated heterocycles. The van der Waals surface area contributed by atoms with E-state index in [1.54, 1.807) is 18.2 Å². The van der Waals surface area contributed by atoms with Crippen molar-refractivity contribution in [2.24, 2.45) is 16.0 Å². The number of piperidine rings is 1. The van der Waals surface area contributed by atoms with Gasteiger partial charge >= 0.3 is 0 Å². The van der Waals surface area contributed by atoms with E-state index in [0.29, 0.717) is 50.4 Å². The van der Waals surface area contributed by atoms with Gasteiger partial charge < -0.3 is 16.0 Å². The lowest BCUT2D eigenvalue weighted by Crippen LogP contribution is -2.43. The van der Waals surface area contributed by atoms with Crippen LogP contribution >= 0.6 is 12.4 Å². The topological polar surface area (TPSA) is 105 Å². The Kier molecular flexibility index (Phi) is 6.42. The van der Waals surface area contributed by atoms with Crippen molar-refractivity contribution < 1.29 is 13.2 Å². The molecule has 1 amide bonds. The van der Waals surface area contributed by atoms with Crippen LogP contribution in [0.5, 0.6) is 0 Å². The van der Waals surface area contributed by atoms with Crippen LogP contribution < -0.4 is 11.1 Å². The lowest BCUT2D eigenvalue weighted by molar-refractivity contribution is -0.126. The number of likely N-dealkylation sites (tertiary alicyclic amines) is 1. The van der Waals surface area contributed by atoms with Gasteiger partial charge in [-0.25, -0.2) is 0 Å². The van der Waals surface area contributed by atoms with Gasteiger partial charge in [-0.1, -0.05) is 12.1 Å². The maximum Gasteiger partial charge on any atom is 0.285 e. The first-order chi connectivity index (χ1) is 11.5. The van der Waals surface area contributed by atoms with E-state index in [1.807, 2.05) is 11.0 Å². The van der Waals surface area contributed by atoms with Crippen LogP contribution in [0.25, 0.3) is 0 Å². The smallest absolute Gasteiger partial charge is 0.285 e. The average molecular weight is 387 g/mol. The predicted molar refractivity (Wildman–Crippen MR) is 98.4 cm³/mol. The van der Waals surface area contributed by atoms with Gasteiger partial charge in [0.1, 0.15) is 4.90 Å². The van der Waals surface area contributed by atoms with E-state index in [4.69, 9.17) is 5.73 Å². The quantitative estimate of drug-likeness (QED) is 0.742. The monoisotopic (exact) mass is 386 g/mol. The zero-order chi connectivity index (χ0) is 17.2. The van der Waals surface area contributed by atoms with Gasteiger partial charge in [0.2, 0.25) is 5.91 Å². The van der Waals surface area contributed by atoms with Crippen molar-refractivity contribution in [1.82, 2.24) is 10.2 Å². The Bertz CT molecular complexity index is 758. The van der Waals surface area contributed by atoms with Gasteiger partial charge in [-0.3, -0.25) is 4.79 Å². The third kappa shape index (κ3) is 4.13. The van der Waals surface area contributed by atoms with Gasteiger partial charge in [0.25, 0.3) is 10.0 Å². The molecule has 1 fully saturated rings. The zero-order valence-corrected chi connectivity index (χ0v) is 15.5. The van der Waals surface area contributed by atoms with Gasteiger partial charge in [-0.05, 0) is 37.9 Å². The standard InChI is InChI=1S/C16H22N4O3S.ClH/c17-8-3-9-18-16(21)12-6-10-20(11-7-12)15-13-4-1-2-5-14(13)24(22,23)19-15;/h1-2,4-5,12H,3,6-11,17H2,(H,18,21);1H. The number of amidine groups is 1. The molecule has 7 nitrogen and oxygen atoms in total. The summed E-state index contributed by atoms with van der Waals surface area (Å²) in [6, 6.07) is 6.88. The summed E-state index contributed by atoms with van der Waals surface area (Å²) in [5.41, 5.74) is 6.08. The second-order valence-corrected chi connectivity index (χ2v) is 7.65. The fourth-order valence-electron chi connectivity index (χ4n) is 3.13. The van der Waals surface area contributed by atoms with E-state index in [2.05, 4.69) is 9.71 Å². The number of benzene rings is 1. The van der Waals surface area contributed by atoms with Gasteiger partial charge in [-0.2, -0.15) is 8.42 Å². The van der Waals surface area contributed by atoms with Crippen molar-refractivity contribution in [2.45, 2.75) is 24.2 Å². The molecule has 2 heterocycles. The number of carbonyl (C=O) groups excluding carboxylic acids is 1. The Morgan fingerprint density at radius 3 is 2.64 bits per heavy atom. The highest BCUT2D eigenvalue weighted by Gasteiger charge is 2.34. The Morgan fingerprint density at radius 2 is 1.96 bits per heavy atom. The molecule has 0 spiro atoms. The summed E-state index contributed by atoms with van der Waals surface area (Å²) in [6.07, 6.45) is 2.15. The molecule has 0 saturated carbocycles. The summed E-state index contributed by atoms with van der Waals surface area (Å²) >= 11 is 0. The Labute approximate surface area is 154 Å². The molecule has 0 radical (unpaired) electrons. The van der Waals surface area contributed by atoms with Crippen LogP contribution in [0.15, 0.2) is 33.6 Å². The van der Waals surface area contributed by atoms with Crippen molar-refractivity contribution in [2.75, 3.05) is 26.2 Å². The minimum Gasteiger partial charge on any atom is -0.356 e. The normalized spacial score (nSPS) is 18.9. The van der Waals surface area contributed by atoms with Crippen molar-refractivity contribution in [3.05, 3.63) is 29.8 Å². The highest BCUT2D eigenvalue weighted by Crippen LogP contribution is 2.29. The molecule has 0 bridgehead atoms. The Hall–Kier alpha value is -1.64. The summed E-state index contributed by atoms with van der Waals surface area (Å²) in [4.78, 5) is 14.3. The van der Waals surface area contributed by atoms with Crippen LogP contribution in [-0.4, -0.2) is 51.2 Å². The molecule has 2 aliphatic heterocycles. The molecule has 138 valence electrons. The fraction of sp³-hybridized carbons (Fsp3) is 0.500. The molecule has 0 atom stereocenters. The summed E-state index contributed by atoms with van der Waals surface area (Å²) in [5.74, 6) is 0.532. The molecule has 3 N–H and O–H groups in total. The summed E-state index contributed by atoms with van der Waals surface area (Å²) in [6.45, 7) is 2.41. The molecule has 0 unspecified atom stereocenters. The second kappa shape index (κ2) is 8.16. The number of hydrogen-bond donors (Lipinski definition) is 2. The molecular weight excluding hydrogens is 364 g/mol. The van der Waals surface area contributed by atoms with Crippen molar-refractivity contribution >= 4 is 34.2 Å². The Balaban J connectivity index is 0.00000225. The number of rotatable bonds is 4. The van der Waals surface area contributed by atoms with Crippen LogP contribution in [0, 0.1) is 5.92 Å². The van der Waals surface area contributed by atoms with Crippen LogP contribution in [0.4, 0.5) is 0 Å². The van der Waals surface area contributed by atoms with Gasteiger partial charge in [0.15, 0.2) is 5.84 Å². The molecule has 0 aliphatic carbocycles. The van der Waals surface area contributed by atoms with Crippen LogP contribution in [0.2, 0.25) is 0 Å². The van der Waals surface area contributed by atoms with E-state index in [-0.39, 0.29) is 29.1 Å². The van der Waals surface area contributed by atoms with Gasteiger partial charge in [0, 0.05) is 31.1 Å². The third-order valence-corrected chi connectivity index (χ3v) is 5.78. The molecule has 1 aromatic carbocycles. The molecular formula is C16H23ClN4O3S. The van der Waals surface area contributed by atoms with Gasteiger partial charge in [-0.15, -0.1) is 16.8 Å². The molecule has 0 aromatic heterocycles. The SMILES string of the molecule is Cl.NCCCNC(=O)C1CCN(C2=NS(=O)(=O)c3ccccc32)CC1. The first-order valence-corrected chi connectivity index (χ1v) is 9.64. The largest absolute Gasteiger partial charge is 0.356 e. The second-order valence-electron chi connectivity index (χ2n) is 6.08. The maximum atomic E-state index is 12.1. The van der Waals surface area contributed by atoms with Crippen LogP contribution in [0.1, 0.15) is 24.8 Å². The number of hydrogen-bond acceptors (Lipinski definition) is 5. The summed E-state index contributed by atoms with van der Waals surface area (Å²) in [7, 11) is -3.59. The number of nitrogens with one attached hydrogen (secondary N) is 1. The molecule has 3 rings (SSSR count). The molecule has 1 aromatic rings. The number of nitrogens with zero attached hydrogens (tertiary/aromatic N) is 2. The third-order valence-electron chi connectivity index (χ3n) is 4.46. The number of carbonyl (C=O) groups is 1. The fourth-order valence-corrected chi connectivity index (χ4v) is 4.36. The lowest BCUT2D eigenvalue weighted by Gasteiger charge is -2.32. The van der Waals surface area contributed by atoms with Crippen molar-refractivity contribution in [1.29, 1.82) is 0 Å². The highest BCUT2D eigenvalue weighted by molar-refractivity contribution is 7.90. The van der Waals surface area contributed by atoms with Crippen LogP contribution in [-0.2, 0) is 14.8 Å². The number of nitrogens with two attached hydrogens (primary N) is 1. The predicted octanol–water partition coefficient (Wildman–Crippen LogP) is 0.734. The number of sulfonamides is 1. The van der Waals surface area contributed by atoms with Crippen molar-refractivity contribution in [3.63, 3.8) is 0 Å². The number of halogens is 1. The first kappa shape index (κ1) is 19.7. The first-order valence-electron chi connectivity index (χ1n) is 8.20. The number of fused-ring (bicyclic) bond motifs is 1. The van der Waals surface area contributed by atoms with E-state index in [9.17, 15) is 13.2 Å². The van der Waals surface area contributed by atoms with Crippen molar-refractivity contribution in [3.8, 4) is 0 Å². The number of amides is 1. The van der Waals surface area contributed by atoms with E-state index in [0.717, 1.165) is 6.42 Å². The van der Waals surface area contributed by atoms with E-state index in [1.165, 1.54) is 0 Å². The highest BCUT2D eigenvalue weighted by atomic mass is 35.5. The summed E-state index contributed by atoms with van der Waals surface area (Å²) < 4.78 is 28.2. The lowest BCUT2D eigenvalue weighted by atomic mass is 9.95. The molecule has 2 aliphatic rings. The molecule has 9 heteroatoms. The van der Waals surface area contributed by atoms with Crippen LogP contribution in [0.3, 0.4) is 0 Å². The Morgan fingerprint density at radius 1 is 1.28 bits per heavy atom. The minimum absolute atomic E-state index is 0. The summed E-state index contributed by atoms with van der Waals surface area (Å²) in [5, 5.41) is 2.90. The molecule has 25 heavy (non-hydrogen) atoms. The van der Waals surface area contributed by atoms with E-state index < -0.39 is 10.0 Å². The maximum absolute atomic E-state index is 12.1. The average Bonchev–Trinajstić information content (AvgIpc) is 2.87. The minimum atomic E-state index is -3.59. The van der Waals surface area contributed by atoms with E-state index >= 15 is 0 Å². The zero-order valence-electron chi connectivity index (χ0n) is 13.8. The van der Waals surface area contributed by atoms with Gasteiger partial charge in [0.05, 0.1) is 0 Å².